The molecule has 0 unspecified atom stereocenters. The largest absolute Gasteiger partial charge is 0.324 e. The van der Waals surface area contributed by atoms with Gasteiger partial charge in [0, 0.05) is 48.7 Å². The highest BCUT2D eigenvalue weighted by molar-refractivity contribution is 6.15. The molecule has 0 radical (unpaired) electrons. The number of benzene rings is 1. The van der Waals surface area contributed by atoms with Crippen LogP contribution in [-0.2, 0) is 32.5 Å². The second-order valence-electron chi connectivity index (χ2n) is 28.3. The molecule has 0 saturated carbocycles. The molecule has 78 heavy (non-hydrogen) atoms. The van der Waals surface area contributed by atoms with Gasteiger partial charge in [0.15, 0.2) is 22.6 Å². The molecular weight excluding hydrogens is 957 g/mol. The van der Waals surface area contributed by atoms with E-state index in [1.807, 2.05) is 18.2 Å². The van der Waals surface area contributed by atoms with Crippen molar-refractivity contribution in [2.75, 3.05) is 0 Å². The molecule has 0 aliphatic heterocycles. The lowest BCUT2D eigenvalue weighted by Gasteiger charge is -2.19. The Morgan fingerprint density at radius 3 is 1.01 bits per heavy atom. The number of rotatable bonds is 1. The lowest BCUT2D eigenvalue weighted by molar-refractivity contribution is 0.112. The standard InChI is InChI=1S/C69H72N8O/c1-64(2,3)50-32-54(68(13,14)15)44-29-48-40(24-21-36(44)50)57-70-56-39-20-19-35(34-78)27-46(39)60(71-56)72-58-41-25-22-37-43(53(67(10,11)12)31-51(37)65(4,5)6)28-47(41)61(74-58)75-59-42-26-23-38-45(30-49(42)63(76-59)77-62(48)73-57)55(69(16,17)18)33-52(38)66(7,8)9/h19-34H,1-18H3,(H2,70,71,72,73,74,75,76,77). The van der Waals surface area contributed by atoms with Gasteiger partial charge in [0.2, 0.25) is 0 Å². The first-order chi connectivity index (χ1) is 36.4. The average Bonchev–Trinajstić information content (AvgIpc) is 4.25. The summed E-state index contributed by atoms with van der Waals surface area (Å²) in [6.07, 6.45) is 0.870. The maximum atomic E-state index is 12.5. The fourth-order valence-electron chi connectivity index (χ4n) is 12.2. The van der Waals surface area contributed by atoms with Gasteiger partial charge in [-0.1, -0.05) is 167 Å². The molecule has 2 N–H and O–H groups in total. The zero-order chi connectivity index (χ0) is 55.7. The number of H-pyrrole nitrogens is 2. The highest BCUT2D eigenvalue weighted by atomic mass is 16.1. The Kier molecular flexibility index (Phi) is 10.9. The van der Waals surface area contributed by atoms with E-state index < -0.39 is 0 Å². The fourth-order valence-corrected chi connectivity index (χ4v) is 12.2. The third-order valence-electron chi connectivity index (χ3n) is 16.2. The maximum Gasteiger partial charge on any atom is 0.164 e. The van der Waals surface area contributed by atoms with Gasteiger partial charge in [-0.2, -0.15) is 0 Å². The molecule has 0 saturated heterocycles. The summed E-state index contributed by atoms with van der Waals surface area (Å²) in [6, 6.07) is 33.1. The van der Waals surface area contributed by atoms with Gasteiger partial charge in [0.25, 0.3) is 0 Å². The quantitative estimate of drug-likeness (QED) is 0.157. The van der Waals surface area contributed by atoms with Crippen LogP contribution in [0.25, 0.3) is 121 Å². The van der Waals surface area contributed by atoms with Crippen LogP contribution in [0, 0.1) is 0 Å². The van der Waals surface area contributed by atoms with Gasteiger partial charge >= 0.3 is 0 Å². The van der Waals surface area contributed by atoms with Crippen molar-refractivity contribution < 1.29 is 4.79 Å². The molecule has 0 fully saturated rings. The minimum absolute atomic E-state index is 0.116. The van der Waals surface area contributed by atoms with Crippen molar-refractivity contribution in [2.45, 2.75) is 157 Å². The zero-order valence-electron chi connectivity index (χ0n) is 48.8. The summed E-state index contributed by atoms with van der Waals surface area (Å²) < 4.78 is 0. The number of aldehydes is 1. The summed E-state index contributed by atoms with van der Waals surface area (Å²) in [5, 5.41) is 11.5. The number of hydrogen-bond donors (Lipinski definition) is 2. The van der Waals surface area contributed by atoms with Crippen molar-refractivity contribution >= 4 is 116 Å². The number of hydrogen-bond acceptors (Lipinski definition) is 7. The zero-order valence-corrected chi connectivity index (χ0v) is 48.8. The summed E-state index contributed by atoms with van der Waals surface area (Å²) in [5.41, 5.74) is 14.2. The molecule has 5 heterocycles. The Morgan fingerprint density at radius 2 is 0.603 bits per heavy atom. The molecule has 9 heteroatoms. The number of aromatic nitrogens is 8. The Bertz CT molecular complexity index is 4630. The molecule has 12 rings (SSSR count). The molecule has 10 aromatic rings. The Labute approximate surface area is 456 Å². The molecule has 5 aromatic carbocycles. The number of carbonyl (C=O) groups excluding carboxylic acids is 1. The minimum Gasteiger partial charge on any atom is -0.324 e. The molecule has 2 aliphatic carbocycles. The van der Waals surface area contributed by atoms with E-state index in [2.05, 4.69) is 207 Å². The summed E-state index contributed by atoms with van der Waals surface area (Å²) in [6.45, 7) is 41.2. The smallest absolute Gasteiger partial charge is 0.164 e. The van der Waals surface area contributed by atoms with Crippen LogP contribution in [0.15, 0.2) is 91.0 Å². The number of carbonyl (C=O) groups is 1. The Hall–Kier alpha value is -7.65. The van der Waals surface area contributed by atoms with E-state index in [1.165, 1.54) is 60.7 Å². The van der Waals surface area contributed by atoms with Gasteiger partial charge in [-0.3, -0.25) is 4.79 Å². The molecule has 0 atom stereocenters. The number of aromatic amines is 2. The second kappa shape index (κ2) is 16.7. The number of nitrogens with zero attached hydrogens (tertiary/aromatic N) is 6. The van der Waals surface area contributed by atoms with E-state index >= 15 is 0 Å². The maximum absolute atomic E-state index is 12.5. The van der Waals surface area contributed by atoms with Crippen LogP contribution >= 0.6 is 0 Å². The summed E-state index contributed by atoms with van der Waals surface area (Å²) in [4.78, 5) is 52.9. The highest BCUT2D eigenvalue weighted by Crippen LogP contribution is 2.47. The molecule has 394 valence electrons. The lowest BCUT2D eigenvalue weighted by atomic mass is 9.85. The van der Waals surface area contributed by atoms with Gasteiger partial charge in [0.1, 0.15) is 28.9 Å². The third-order valence-corrected chi connectivity index (χ3v) is 16.2. The fraction of sp³-hybridized carbons (Fsp3) is 0.348. The predicted octanol–water partition coefficient (Wildman–Crippen LogP) is 18.1. The van der Waals surface area contributed by atoms with Crippen LogP contribution < -0.4 is 0 Å². The van der Waals surface area contributed by atoms with Gasteiger partial charge < -0.3 is 9.97 Å². The van der Waals surface area contributed by atoms with Crippen molar-refractivity contribution in [3.05, 3.63) is 130 Å². The topological polar surface area (TPSA) is 126 Å². The Balaban J connectivity index is 1.35. The van der Waals surface area contributed by atoms with Gasteiger partial charge in [-0.15, -0.1) is 0 Å². The number of nitrogens with one attached hydrogen (secondary N) is 2. The van der Waals surface area contributed by atoms with Crippen LogP contribution in [0.4, 0.5) is 0 Å². The van der Waals surface area contributed by atoms with Gasteiger partial charge in [-0.05, 0) is 147 Å². The summed E-state index contributed by atoms with van der Waals surface area (Å²) in [5.74, 6) is 0. The summed E-state index contributed by atoms with van der Waals surface area (Å²) in [7, 11) is 0. The molecule has 0 spiro atoms. The number of fused-ring (bicyclic) bond motifs is 23. The van der Waals surface area contributed by atoms with Gasteiger partial charge in [0.05, 0.1) is 0 Å². The molecule has 0 amide bonds. The van der Waals surface area contributed by atoms with Crippen LogP contribution in [0.1, 0.15) is 168 Å². The van der Waals surface area contributed by atoms with Gasteiger partial charge in [-0.25, -0.2) is 29.9 Å². The third kappa shape index (κ3) is 8.21. The second-order valence-corrected chi connectivity index (χ2v) is 28.3. The molecule has 5 aromatic heterocycles. The van der Waals surface area contributed by atoms with Crippen molar-refractivity contribution in [1.29, 1.82) is 0 Å². The summed E-state index contributed by atoms with van der Waals surface area (Å²) >= 11 is 0. The SMILES string of the molecule is CC(C)(C)c1cc(C(C)(C)C)c2cc3c4nc5nc(nc6[nH]c(nc7nc(nc([nH]4)c3ccc1-2)c1cc2c(C(C)(C)C)cc(C(C)(C)C)c2ccc71)c1cc(C=O)ccc61)c1ccc2c(C(C)(C)C)cc(C(C)(C)C)c2cc51. The van der Waals surface area contributed by atoms with Crippen LogP contribution in [0.2, 0.25) is 0 Å². The van der Waals surface area contributed by atoms with E-state index in [0.717, 1.165) is 54.8 Å². The van der Waals surface area contributed by atoms with Crippen molar-refractivity contribution in [1.82, 2.24) is 39.9 Å². The van der Waals surface area contributed by atoms with Crippen LogP contribution in [0.3, 0.4) is 0 Å². The Morgan fingerprint density at radius 1 is 0.282 bits per heavy atom. The monoisotopic (exact) mass is 1030 g/mol. The molecule has 2 aliphatic rings. The van der Waals surface area contributed by atoms with E-state index in [9.17, 15) is 4.79 Å². The molecular formula is C69H72N8O. The van der Waals surface area contributed by atoms with Crippen molar-refractivity contribution in [3.63, 3.8) is 0 Å². The van der Waals surface area contributed by atoms with Crippen LogP contribution in [-0.4, -0.2) is 46.2 Å². The first-order valence-corrected chi connectivity index (χ1v) is 27.6. The molecule has 9 nitrogen and oxygen atoms in total. The van der Waals surface area contributed by atoms with Crippen molar-refractivity contribution in [3.8, 4) is 11.1 Å². The first kappa shape index (κ1) is 51.1. The normalized spacial score (nSPS) is 13.6. The average molecular weight is 1030 g/mol. The van der Waals surface area contributed by atoms with Crippen molar-refractivity contribution in [2.24, 2.45) is 0 Å². The highest BCUT2D eigenvalue weighted by Gasteiger charge is 2.31. The van der Waals surface area contributed by atoms with E-state index in [0.29, 0.717) is 50.7 Å². The van der Waals surface area contributed by atoms with E-state index in [1.54, 1.807) is 0 Å². The minimum atomic E-state index is -0.156. The molecule has 8 bridgehead atoms. The van der Waals surface area contributed by atoms with Crippen LogP contribution in [0.5, 0.6) is 0 Å². The van der Waals surface area contributed by atoms with E-state index in [-0.39, 0.29) is 32.5 Å². The van der Waals surface area contributed by atoms with E-state index in [4.69, 9.17) is 29.9 Å². The first-order valence-electron chi connectivity index (χ1n) is 27.6. The lowest BCUT2D eigenvalue weighted by Crippen LogP contribution is -2.12. The predicted molar refractivity (Wildman–Crippen MR) is 329 cm³/mol.